The molecule has 1 aliphatic carbocycles. The highest BCUT2D eigenvalue weighted by Gasteiger charge is 2.22. The van der Waals surface area contributed by atoms with Gasteiger partial charge in [-0.25, -0.2) is 4.99 Å². The summed E-state index contributed by atoms with van der Waals surface area (Å²) in [5.74, 6) is 2.59. The van der Waals surface area contributed by atoms with E-state index in [1.54, 1.807) is 0 Å². The van der Waals surface area contributed by atoms with Crippen molar-refractivity contribution in [2.75, 3.05) is 52.5 Å². The predicted octanol–water partition coefficient (Wildman–Crippen LogP) is 2.79. The summed E-state index contributed by atoms with van der Waals surface area (Å²) in [7, 11) is 0. The molecular formula is C21H35IN4O2. The number of nitrogens with zero attached hydrogens (tertiary/aromatic N) is 2. The van der Waals surface area contributed by atoms with Crippen molar-refractivity contribution in [3.63, 3.8) is 0 Å². The molecule has 0 atom stereocenters. The van der Waals surface area contributed by atoms with Gasteiger partial charge in [0.2, 0.25) is 0 Å². The van der Waals surface area contributed by atoms with Crippen LogP contribution in [0.1, 0.15) is 30.9 Å². The average molecular weight is 502 g/mol. The highest BCUT2D eigenvalue weighted by atomic mass is 127. The van der Waals surface area contributed by atoms with Crippen LogP contribution in [-0.4, -0.2) is 63.4 Å². The molecule has 0 bridgehead atoms. The Balaban J connectivity index is 0.00000280. The van der Waals surface area contributed by atoms with E-state index in [0.29, 0.717) is 6.54 Å². The van der Waals surface area contributed by atoms with Gasteiger partial charge in [0.1, 0.15) is 5.75 Å². The molecule has 0 aromatic heterocycles. The summed E-state index contributed by atoms with van der Waals surface area (Å²) in [4.78, 5) is 7.19. The van der Waals surface area contributed by atoms with E-state index in [9.17, 15) is 0 Å². The number of morpholine rings is 1. The van der Waals surface area contributed by atoms with E-state index < -0.39 is 0 Å². The van der Waals surface area contributed by atoms with Crippen molar-refractivity contribution in [1.29, 1.82) is 0 Å². The van der Waals surface area contributed by atoms with Crippen molar-refractivity contribution in [3.8, 4) is 5.75 Å². The molecule has 1 saturated heterocycles. The third-order valence-corrected chi connectivity index (χ3v) is 4.97. The third kappa shape index (κ3) is 8.13. The molecule has 2 aliphatic rings. The Morgan fingerprint density at radius 3 is 2.75 bits per heavy atom. The lowest BCUT2D eigenvalue weighted by Gasteiger charge is -2.26. The lowest BCUT2D eigenvalue weighted by Crippen LogP contribution is -2.44. The van der Waals surface area contributed by atoms with Crippen LogP contribution >= 0.6 is 24.0 Å². The van der Waals surface area contributed by atoms with Crippen molar-refractivity contribution in [3.05, 3.63) is 29.3 Å². The van der Waals surface area contributed by atoms with Crippen LogP contribution < -0.4 is 15.4 Å². The molecule has 2 fully saturated rings. The maximum absolute atomic E-state index is 6.07. The summed E-state index contributed by atoms with van der Waals surface area (Å²) in [6.07, 6.45) is 2.61. The first-order valence-corrected chi connectivity index (χ1v) is 10.3. The zero-order chi connectivity index (χ0) is 18.9. The lowest BCUT2D eigenvalue weighted by atomic mass is 10.1. The monoisotopic (exact) mass is 502 g/mol. The van der Waals surface area contributed by atoms with E-state index in [0.717, 1.165) is 75.7 Å². The smallest absolute Gasteiger partial charge is 0.191 e. The van der Waals surface area contributed by atoms with Crippen molar-refractivity contribution in [1.82, 2.24) is 15.5 Å². The molecule has 1 aliphatic heterocycles. The maximum Gasteiger partial charge on any atom is 0.191 e. The first-order valence-electron chi connectivity index (χ1n) is 10.3. The Hall–Kier alpha value is -1.06. The van der Waals surface area contributed by atoms with Crippen LogP contribution in [0.25, 0.3) is 0 Å². The molecule has 3 rings (SSSR count). The number of benzene rings is 1. The van der Waals surface area contributed by atoms with Crippen LogP contribution in [0.2, 0.25) is 0 Å². The first-order chi connectivity index (χ1) is 13.2. The zero-order valence-electron chi connectivity index (χ0n) is 17.2. The summed E-state index contributed by atoms with van der Waals surface area (Å²) in [5.41, 5.74) is 2.37. The molecule has 7 heteroatoms. The summed E-state index contributed by atoms with van der Waals surface area (Å²) < 4.78 is 11.5. The number of hydrogen-bond donors (Lipinski definition) is 2. The molecule has 2 N–H and O–H groups in total. The quantitative estimate of drug-likeness (QED) is 0.309. The standard InChI is InChI=1S/C21H34N4O2.HI/c1-3-22-21(23-8-9-25-10-12-26-13-11-25)24-15-19-7-4-17(2)14-20(19)27-16-18-5-6-18;/h4,7,14,18H,3,5-6,8-13,15-16H2,1-2H3,(H2,22,23,24);1H. The summed E-state index contributed by atoms with van der Waals surface area (Å²) in [6, 6.07) is 6.40. The molecule has 0 radical (unpaired) electrons. The number of rotatable bonds is 9. The SMILES string of the molecule is CCNC(=NCc1ccc(C)cc1OCC1CC1)NCCN1CCOCC1.I. The van der Waals surface area contributed by atoms with Crippen LogP contribution in [0.3, 0.4) is 0 Å². The van der Waals surface area contributed by atoms with Gasteiger partial charge in [-0.3, -0.25) is 4.90 Å². The van der Waals surface area contributed by atoms with Crippen molar-refractivity contribution >= 4 is 29.9 Å². The van der Waals surface area contributed by atoms with Crippen molar-refractivity contribution in [2.24, 2.45) is 10.9 Å². The van der Waals surface area contributed by atoms with Gasteiger partial charge in [0, 0.05) is 38.3 Å². The van der Waals surface area contributed by atoms with Gasteiger partial charge in [-0.05, 0) is 44.2 Å². The Bertz CT molecular complexity index is 616. The molecular weight excluding hydrogens is 467 g/mol. The number of aryl methyl sites for hydroxylation is 1. The molecule has 158 valence electrons. The van der Waals surface area contributed by atoms with Gasteiger partial charge in [0.15, 0.2) is 5.96 Å². The van der Waals surface area contributed by atoms with Gasteiger partial charge in [0.05, 0.1) is 26.4 Å². The Labute approximate surface area is 186 Å². The molecule has 28 heavy (non-hydrogen) atoms. The second-order valence-electron chi connectivity index (χ2n) is 7.44. The van der Waals surface area contributed by atoms with Gasteiger partial charge >= 0.3 is 0 Å². The lowest BCUT2D eigenvalue weighted by molar-refractivity contribution is 0.0389. The largest absolute Gasteiger partial charge is 0.493 e. The van der Waals surface area contributed by atoms with Crippen molar-refractivity contribution in [2.45, 2.75) is 33.2 Å². The fraction of sp³-hybridized carbons (Fsp3) is 0.667. The van der Waals surface area contributed by atoms with Gasteiger partial charge in [-0.2, -0.15) is 0 Å². The first kappa shape index (κ1) is 23.2. The number of nitrogens with one attached hydrogen (secondary N) is 2. The van der Waals surface area contributed by atoms with E-state index in [-0.39, 0.29) is 24.0 Å². The Morgan fingerprint density at radius 2 is 2.04 bits per heavy atom. The molecule has 1 aromatic carbocycles. The number of hydrogen-bond acceptors (Lipinski definition) is 4. The second-order valence-corrected chi connectivity index (χ2v) is 7.44. The van der Waals surface area contributed by atoms with Gasteiger partial charge in [-0.15, -0.1) is 24.0 Å². The van der Waals surface area contributed by atoms with E-state index >= 15 is 0 Å². The van der Waals surface area contributed by atoms with Gasteiger partial charge in [-0.1, -0.05) is 12.1 Å². The van der Waals surface area contributed by atoms with Crippen LogP contribution in [0.5, 0.6) is 5.75 Å². The van der Waals surface area contributed by atoms with E-state index in [2.05, 4.69) is 47.6 Å². The molecule has 0 unspecified atom stereocenters. The van der Waals surface area contributed by atoms with Gasteiger partial charge in [0.25, 0.3) is 0 Å². The van der Waals surface area contributed by atoms with Crippen LogP contribution in [-0.2, 0) is 11.3 Å². The van der Waals surface area contributed by atoms with E-state index in [1.165, 1.54) is 18.4 Å². The third-order valence-electron chi connectivity index (χ3n) is 4.97. The fourth-order valence-corrected chi connectivity index (χ4v) is 3.08. The molecule has 1 saturated carbocycles. The maximum atomic E-state index is 6.07. The Morgan fingerprint density at radius 1 is 1.25 bits per heavy atom. The number of aliphatic imine (C=N–C) groups is 1. The van der Waals surface area contributed by atoms with Crippen LogP contribution in [0, 0.1) is 12.8 Å². The number of guanidine groups is 1. The van der Waals surface area contributed by atoms with Gasteiger partial charge < -0.3 is 20.1 Å². The minimum atomic E-state index is 0. The molecule has 0 spiro atoms. The van der Waals surface area contributed by atoms with E-state index in [4.69, 9.17) is 14.5 Å². The molecule has 1 aromatic rings. The topological polar surface area (TPSA) is 58.1 Å². The zero-order valence-corrected chi connectivity index (χ0v) is 19.5. The highest BCUT2D eigenvalue weighted by Crippen LogP contribution is 2.30. The highest BCUT2D eigenvalue weighted by molar-refractivity contribution is 14.0. The molecule has 0 amide bonds. The minimum Gasteiger partial charge on any atom is -0.493 e. The predicted molar refractivity (Wildman–Crippen MR) is 125 cm³/mol. The second kappa shape index (κ2) is 12.5. The average Bonchev–Trinajstić information content (AvgIpc) is 3.51. The molecule has 1 heterocycles. The number of ether oxygens (including phenoxy) is 2. The molecule has 6 nitrogen and oxygen atoms in total. The van der Waals surface area contributed by atoms with Crippen LogP contribution in [0.4, 0.5) is 0 Å². The Kier molecular flexibility index (Phi) is 10.4. The fourth-order valence-electron chi connectivity index (χ4n) is 3.08. The van der Waals surface area contributed by atoms with Crippen molar-refractivity contribution < 1.29 is 9.47 Å². The normalized spacial score (nSPS) is 17.7. The summed E-state index contributed by atoms with van der Waals surface area (Å²) in [5, 5.41) is 6.78. The summed E-state index contributed by atoms with van der Waals surface area (Å²) in [6.45, 7) is 12.1. The van der Waals surface area contributed by atoms with Crippen LogP contribution in [0.15, 0.2) is 23.2 Å². The van der Waals surface area contributed by atoms with E-state index in [1.807, 2.05) is 0 Å². The summed E-state index contributed by atoms with van der Waals surface area (Å²) >= 11 is 0. The number of halogens is 1. The minimum absolute atomic E-state index is 0.